The van der Waals surface area contributed by atoms with Gasteiger partial charge in [0.25, 0.3) is 11.9 Å². The van der Waals surface area contributed by atoms with E-state index in [2.05, 4.69) is 20.4 Å². The second-order valence-corrected chi connectivity index (χ2v) is 8.36. The minimum Gasteiger partial charge on any atom is -0.454 e. The van der Waals surface area contributed by atoms with E-state index in [9.17, 15) is 13.6 Å². The molecule has 176 valence electrons. The molecule has 0 saturated heterocycles. The van der Waals surface area contributed by atoms with Gasteiger partial charge in [0, 0.05) is 35.9 Å². The monoisotopic (exact) mass is 475 g/mol. The van der Waals surface area contributed by atoms with Crippen LogP contribution in [0.5, 0.6) is 11.5 Å². The first-order chi connectivity index (χ1) is 17.1. The van der Waals surface area contributed by atoms with Crippen molar-refractivity contribution >= 4 is 5.91 Å². The van der Waals surface area contributed by atoms with Crippen molar-refractivity contribution in [1.29, 1.82) is 0 Å². The van der Waals surface area contributed by atoms with Gasteiger partial charge in [-0.25, -0.2) is 23.4 Å². The predicted molar refractivity (Wildman–Crippen MR) is 120 cm³/mol. The number of nitrogens with zero attached hydrogens (tertiary/aromatic N) is 4. The zero-order valence-electron chi connectivity index (χ0n) is 18.4. The highest BCUT2D eigenvalue weighted by Crippen LogP contribution is 2.42. The van der Waals surface area contributed by atoms with Gasteiger partial charge in [0.05, 0.1) is 23.1 Å². The van der Waals surface area contributed by atoms with Gasteiger partial charge in [0.1, 0.15) is 11.6 Å². The molecule has 0 atom stereocenters. The summed E-state index contributed by atoms with van der Waals surface area (Å²) in [5, 5.41) is 7.11. The molecule has 1 fully saturated rings. The third-order valence-corrected chi connectivity index (χ3v) is 5.97. The summed E-state index contributed by atoms with van der Waals surface area (Å²) >= 11 is 0. The largest absolute Gasteiger partial charge is 0.454 e. The Morgan fingerprint density at radius 1 is 1.09 bits per heavy atom. The zero-order chi connectivity index (χ0) is 23.9. The Morgan fingerprint density at radius 3 is 2.77 bits per heavy atom. The van der Waals surface area contributed by atoms with Crippen molar-refractivity contribution in [2.75, 3.05) is 6.79 Å². The number of carbonyl (C=O) groups is 1. The van der Waals surface area contributed by atoms with Gasteiger partial charge in [0.2, 0.25) is 6.79 Å². The van der Waals surface area contributed by atoms with Gasteiger partial charge in [-0.15, -0.1) is 0 Å². The maximum atomic E-state index is 14.0. The van der Waals surface area contributed by atoms with Gasteiger partial charge < -0.3 is 14.8 Å². The standard InChI is InChI=1S/C25H19F2N5O3/c26-17-5-3-16(19(27)10-17)11-29-24(33)18-12-30-32(23(18)14-1-2-14)25-28-8-7-20(31-25)15-4-6-21-22(9-15)35-13-34-21/h3-10,12,14H,1-2,11,13H2,(H,29,33). The molecular formula is C25H19F2N5O3. The number of halogens is 2. The summed E-state index contributed by atoms with van der Waals surface area (Å²) in [4.78, 5) is 22.0. The molecule has 2 aromatic heterocycles. The molecule has 1 aliphatic heterocycles. The van der Waals surface area contributed by atoms with Crippen molar-refractivity contribution in [2.24, 2.45) is 0 Å². The van der Waals surface area contributed by atoms with E-state index >= 15 is 0 Å². The Labute approximate surface area is 198 Å². The maximum absolute atomic E-state index is 14.0. The number of ether oxygens (including phenoxy) is 2. The number of rotatable bonds is 6. The molecule has 3 heterocycles. The van der Waals surface area contributed by atoms with Crippen molar-refractivity contribution < 1.29 is 23.0 Å². The average molecular weight is 475 g/mol. The van der Waals surface area contributed by atoms with E-state index in [1.54, 1.807) is 16.9 Å². The molecule has 0 radical (unpaired) electrons. The Bertz CT molecular complexity index is 1450. The molecule has 0 unspecified atom stereocenters. The van der Waals surface area contributed by atoms with E-state index in [-0.39, 0.29) is 24.8 Å². The van der Waals surface area contributed by atoms with E-state index < -0.39 is 17.5 Å². The molecule has 1 N–H and O–H groups in total. The molecule has 2 aromatic carbocycles. The van der Waals surface area contributed by atoms with E-state index in [0.717, 1.165) is 30.5 Å². The van der Waals surface area contributed by atoms with E-state index in [0.29, 0.717) is 34.4 Å². The van der Waals surface area contributed by atoms with Crippen LogP contribution in [0.1, 0.15) is 40.4 Å². The Morgan fingerprint density at radius 2 is 1.94 bits per heavy atom. The number of hydrogen-bond acceptors (Lipinski definition) is 6. The minimum atomic E-state index is -0.711. The molecule has 6 rings (SSSR count). The number of amides is 1. The van der Waals surface area contributed by atoms with Gasteiger partial charge in [-0.2, -0.15) is 5.10 Å². The summed E-state index contributed by atoms with van der Waals surface area (Å²) in [6.45, 7) is 0.112. The Hall–Kier alpha value is -4.34. The molecule has 8 nitrogen and oxygen atoms in total. The SMILES string of the molecule is O=C(NCc1ccc(F)cc1F)c1cnn(-c2nccc(-c3ccc4c(c3)OCO4)n2)c1C1CC1. The second kappa shape index (κ2) is 8.46. The number of hydrogen-bond donors (Lipinski definition) is 1. The molecule has 2 aliphatic rings. The van der Waals surface area contributed by atoms with Crippen LogP contribution in [0.15, 0.2) is 54.9 Å². The fourth-order valence-electron chi connectivity index (χ4n) is 4.04. The third-order valence-electron chi connectivity index (χ3n) is 5.97. The van der Waals surface area contributed by atoms with Crippen LogP contribution < -0.4 is 14.8 Å². The highest BCUT2D eigenvalue weighted by molar-refractivity contribution is 5.95. The average Bonchev–Trinajstić information content (AvgIpc) is 3.42. The fourth-order valence-corrected chi connectivity index (χ4v) is 4.04. The molecule has 35 heavy (non-hydrogen) atoms. The van der Waals surface area contributed by atoms with E-state index in [4.69, 9.17) is 9.47 Å². The number of fused-ring (bicyclic) bond motifs is 1. The molecule has 4 aromatic rings. The third kappa shape index (κ3) is 4.07. The minimum absolute atomic E-state index is 0.0731. The molecule has 1 aliphatic carbocycles. The lowest BCUT2D eigenvalue weighted by Crippen LogP contribution is -2.24. The summed E-state index contributed by atoms with van der Waals surface area (Å²) < 4.78 is 39.5. The molecular weight excluding hydrogens is 456 g/mol. The first kappa shape index (κ1) is 21.2. The molecule has 10 heteroatoms. The van der Waals surface area contributed by atoms with Crippen LogP contribution in [0.25, 0.3) is 17.2 Å². The van der Waals surface area contributed by atoms with Crippen molar-refractivity contribution in [2.45, 2.75) is 25.3 Å². The lowest BCUT2D eigenvalue weighted by Gasteiger charge is -2.10. The molecule has 0 bridgehead atoms. The van der Waals surface area contributed by atoms with Crippen LogP contribution in [0.4, 0.5) is 8.78 Å². The lowest BCUT2D eigenvalue weighted by molar-refractivity contribution is 0.0949. The predicted octanol–water partition coefficient (Wildman–Crippen LogP) is 4.14. The van der Waals surface area contributed by atoms with Crippen LogP contribution in [-0.2, 0) is 6.54 Å². The number of aromatic nitrogens is 4. The van der Waals surface area contributed by atoms with Gasteiger partial charge in [-0.1, -0.05) is 6.07 Å². The zero-order valence-corrected chi connectivity index (χ0v) is 18.4. The molecule has 0 spiro atoms. The first-order valence-corrected chi connectivity index (χ1v) is 11.1. The summed E-state index contributed by atoms with van der Waals surface area (Å²) in [5.41, 5.74) is 2.79. The van der Waals surface area contributed by atoms with Crippen LogP contribution in [-0.4, -0.2) is 32.4 Å². The summed E-state index contributed by atoms with van der Waals surface area (Å²) in [5.74, 6) is 0.0485. The fraction of sp³-hybridized carbons (Fsp3) is 0.200. The molecule has 1 amide bonds. The second-order valence-electron chi connectivity index (χ2n) is 8.36. The summed E-state index contributed by atoms with van der Waals surface area (Å²) in [6, 6.07) is 10.6. The van der Waals surface area contributed by atoms with Crippen LogP contribution in [0, 0.1) is 11.6 Å². The van der Waals surface area contributed by atoms with Crippen molar-refractivity contribution in [3.05, 3.63) is 83.3 Å². The summed E-state index contributed by atoms with van der Waals surface area (Å²) in [7, 11) is 0. The van der Waals surface area contributed by atoms with Gasteiger partial charge in [-0.3, -0.25) is 4.79 Å². The normalized spacial score (nSPS) is 14.2. The van der Waals surface area contributed by atoms with Gasteiger partial charge in [-0.05, 0) is 43.2 Å². The van der Waals surface area contributed by atoms with Crippen molar-refractivity contribution in [3.63, 3.8) is 0 Å². The highest BCUT2D eigenvalue weighted by atomic mass is 19.1. The summed E-state index contributed by atoms with van der Waals surface area (Å²) in [6.07, 6.45) is 4.94. The quantitative estimate of drug-likeness (QED) is 0.451. The van der Waals surface area contributed by atoms with Crippen LogP contribution >= 0.6 is 0 Å². The van der Waals surface area contributed by atoms with E-state index in [1.807, 2.05) is 18.2 Å². The van der Waals surface area contributed by atoms with Crippen molar-refractivity contribution in [1.82, 2.24) is 25.1 Å². The lowest BCUT2D eigenvalue weighted by atomic mass is 10.1. The van der Waals surface area contributed by atoms with Gasteiger partial charge >= 0.3 is 0 Å². The Balaban J connectivity index is 1.28. The maximum Gasteiger partial charge on any atom is 0.255 e. The number of carbonyl (C=O) groups excluding carboxylic acids is 1. The van der Waals surface area contributed by atoms with Crippen LogP contribution in [0.3, 0.4) is 0 Å². The number of benzene rings is 2. The van der Waals surface area contributed by atoms with Crippen LogP contribution in [0.2, 0.25) is 0 Å². The van der Waals surface area contributed by atoms with Gasteiger partial charge in [0.15, 0.2) is 11.5 Å². The smallest absolute Gasteiger partial charge is 0.255 e. The topological polar surface area (TPSA) is 91.2 Å². The van der Waals surface area contributed by atoms with E-state index in [1.165, 1.54) is 12.3 Å². The first-order valence-electron chi connectivity index (χ1n) is 11.1. The highest BCUT2D eigenvalue weighted by Gasteiger charge is 2.33. The molecule has 1 saturated carbocycles. The van der Waals surface area contributed by atoms with Crippen molar-refractivity contribution in [3.8, 4) is 28.7 Å². The number of nitrogens with one attached hydrogen (secondary N) is 1. The Kier molecular flexibility index (Phi) is 5.13.